The Labute approximate surface area is 266 Å². The number of imide groups is 2. The predicted molar refractivity (Wildman–Crippen MR) is 167 cm³/mol. The third kappa shape index (κ3) is 4.94. The molecule has 236 valence electrons. The third-order valence-electron chi connectivity index (χ3n) is 10.5. The maximum absolute atomic E-state index is 14.1. The van der Waals surface area contributed by atoms with E-state index in [2.05, 4.69) is 0 Å². The van der Waals surface area contributed by atoms with Crippen LogP contribution in [0.5, 0.6) is 17.2 Å². The van der Waals surface area contributed by atoms with Crippen LogP contribution >= 0.6 is 0 Å². The molecular formula is C37H36N2O7. The molecule has 6 atom stereocenters. The van der Waals surface area contributed by atoms with Crippen molar-refractivity contribution in [1.29, 1.82) is 0 Å². The van der Waals surface area contributed by atoms with Crippen LogP contribution in [0.25, 0.3) is 0 Å². The molecule has 1 saturated carbocycles. The third-order valence-corrected chi connectivity index (χ3v) is 10.5. The number of carbonyl (C=O) groups is 4. The van der Waals surface area contributed by atoms with Gasteiger partial charge in [-0.1, -0.05) is 48.0 Å². The number of phenols is 3. The van der Waals surface area contributed by atoms with E-state index in [1.165, 1.54) is 9.80 Å². The van der Waals surface area contributed by atoms with Crippen LogP contribution in [0, 0.1) is 36.5 Å². The first kappa shape index (κ1) is 29.8. The normalized spacial score (nSPS) is 27.0. The number of aromatic hydroxyl groups is 3. The molecule has 3 aromatic rings. The van der Waals surface area contributed by atoms with E-state index in [0.717, 1.165) is 22.3 Å². The highest BCUT2D eigenvalue weighted by Crippen LogP contribution is 2.58. The Balaban J connectivity index is 1.20. The van der Waals surface area contributed by atoms with Crippen LogP contribution in [0.15, 0.2) is 78.4 Å². The van der Waals surface area contributed by atoms with Gasteiger partial charge in [0, 0.05) is 19.0 Å². The number of fused-ring (bicyclic) bond motifs is 4. The summed E-state index contributed by atoms with van der Waals surface area (Å²) >= 11 is 0. The molecule has 2 aliphatic carbocycles. The summed E-state index contributed by atoms with van der Waals surface area (Å²) in [5.41, 5.74) is 4.18. The smallest absolute Gasteiger partial charge is 0.234 e. The van der Waals surface area contributed by atoms with Crippen molar-refractivity contribution in [3.63, 3.8) is 0 Å². The molecule has 3 fully saturated rings. The summed E-state index contributed by atoms with van der Waals surface area (Å²) in [5.74, 6) is -3.75. The molecule has 46 heavy (non-hydrogen) atoms. The molecule has 4 amide bonds. The van der Waals surface area contributed by atoms with Crippen LogP contribution in [0.3, 0.4) is 0 Å². The summed E-state index contributed by atoms with van der Waals surface area (Å²) in [6.45, 7) is 2.22. The van der Waals surface area contributed by atoms with E-state index in [1.54, 1.807) is 67.6 Å². The second-order valence-corrected chi connectivity index (χ2v) is 13.1. The summed E-state index contributed by atoms with van der Waals surface area (Å²) in [7, 11) is 0. The zero-order chi connectivity index (χ0) is 32.3. The zero-order valence-electron chi connectivity index (χ0n) is 25.5. The second kappa shape index (κ2) is 11.5. The molecule has 3 aromatic carbocycles. The van der Waals surface area contributed by atoms with E-state index < -0.39 is 29.6 Å². The van der Waals surface area contributed by atoms with Gasteiger partial charge in [0.25, 0.3) is 0 Å². The molecule has 4 aliphatic rings. The SMILES string of the molecule is Cc1cc([C@H]2C3=CC[C@@H]4C(=O)N(CCc5ccc(O)cc5)C(=O)[C@@H]4[C@@H]3C[C@H]3C(=O)N(CCc4ccc(O)cc4)C(=O)[C@@H]23)ccc1O. The van der Waals surface area contributed by atoms with Crippen molar-refractivity contribution >= 4 is 23.6 Å². The van der Waals surface area contributed by atoms with Gasteiger partial charge in [-0.2, -0.15) is 0 Å². The Morgan fingerprint density at radius 3 is 1.76 bits per heavy atom. The van der Waals surface area contributed by atoms with Crippen LogP contribution in [0.2, 0.25) is 0 Å². The highest BCUT2D eigenvalue weighted by molar-refractivity contribution is 6.08. The second-order valence-electron chi connectivity index (χ2n) is 13.1. The average molecular weight is 621 g/mol. The fourth-order valence-corrected chi connectivity index (χ4v) is 8.21. The molecule has 9 heteroatoms. The summed E-state index contributed by atoms with van der Waals surface area (Å²) in [6.07, 6.45) is 3.64. The van der Waals surface area contributed by atoms with Crippen molar-refractivity contribution in [2.75, 3.05) is 13.1 Å². The van der Waals surface area contributed by atoms with Crippen LogP contribution in [-0.2, 0) is 32.0 Å². The van der Waals surface area contributed by atoms with E-state index in [0.29, 0.717) is 31.2 Å². The molecule has 7 rings (SSSR count). The van der Waals surface area contributed by atoms with Gasteiger partial charge in [-0.05, 0) is 91.1 Å². The van der Waals surface area contributed by atoms with Crippen molar-refractivity contribution in [2.45, 2.75) is 38.5 Å². The average Bonchev–Trinajstić information content (AvgIpc) is 3.44. The van der Waals surface area contributed by atoms with Crippen molar-refractivity contribution in [3.8, 4) is 17.2 Å². The Morgan fingerprint density at radius 1 is 0.652 bits per heavy atom. The van der Waals surface area contributed by atoms with Gasteiger partial charge in [0.1, 0.15) is 17.2 Å². The van der Waals surface area contributed by atoms with Gasteiger partial charge in [-0.3, -0.25) is 29.0 Å². The predicted octanol–water partition coefficient (Wildman–Crippen LogP) is 4.23. The Morgan fingerprint density at radius 2 is 1.20 bits per heavy atom. The van der Waals surface area contributed by atoms with Gasteiger partial charge in [0.2, 0.25) is 23.6 Å². The first-order chi connectivity index (χ1) is 22.1. The van der Waals surface area contributed by atoms with Crippen LogP contribution < -0.4 is 0 Å². The zero-order valence-corrected chi connectivity index (χ0v) is 25.5. The van der Waals surface area contributed by atoms with Crippen LogP contribution in [0.4, 0.5) is 0 Å². The van der Waals surface area contributed by atoms with E-state index in [9.17, 15) is 34.5 Å². The molecule has 2 saturated heterocycles. The Bertz CT molecular complexity index is 1760. The number of allylic oxidation sites excluding steroid dienone is 2. The number of hydrogen-bond donors (Lipinski definition) is 3. The molecule has 0 radical (unpaired) electrons. The minimum atomic E-state index is -0.645. The van der Waals surface area contributed by atoms with Gasteiger partial charge in [-0.25, -0.2) is 0 Å². The standard InChI is InChI=1S/C37H36N2O7/c1-20-18-23(6-13-30(20)42)31-26-11-12-27-32(36(45)38(34(27)43)16-14-21-2-7-24(40)8-3-21)28(26)19-29-33(31)37(46)39(35(29)44)17-15-22-4-9-25(41)10-5-22/h2-11,13,18,27-29,31-33,40-42H,12,14-17,19H2,1H3/t27-,28+,29+,31-,32-,33+/m0/s1. The number of rotatable bonds is 7. The number of nitrogens with zero attached hydrogens (tertiary/aromatic N) is 2. The number of aryl methyl sites for hydroxylation is 1. The molecule has 9 nitrogen and oxygen atoms in total. The molecule has 2 heterocycles. The highest BCUT2D eigenvalue weighted by atomic mass is 16.3. The largest absolute Gasteiger partial charge is 0.508 e. The molecule has 0 unspecified atom stereocenters. The maximum Gasteiger partial charge on any atom is 0.234 e. The molecule has 0 aromatic heterocycles. The summed E-state index contributed by atoms with van der Waals surface area (Å²) in [4.78, 5) is 58.5. The highest BCUT2D eigenvalue weighted by Gasteiger charge is 2.61. The number of carbonyl (C=O) groups excluding carboxylic acids is 4. The van der Waals surface area contributed by atoms with Crippen molar-refractivity contribution in [2.24, 2.45) is 29.6 Å². The van der Waals surface area contributed by atoms with Gasteiger partial charge < -0.3 is 15.3 Å². The number of likely N-dealkylation sites (tertiary alicyclic amines) is 2. The first-order valence-corrected chi connectivity index (χ1v) is 15.9. The molecule has 0 bridgehead atoms. The minimum Gasteiger partial charge on any atom is -0.508 e. The lowest BCUT2D eigenvalue weighted by Crippen LogP contribution is -2.43. The summed E-state index contributed by atoms with van der Waals surface area (Å²) in [5, 5.41) is 29.6. The Hall–Kier alpha value is -4.92. The van der Waals surface area contributed by atoms with Crippen LogP contribution in [-0.4, -0.2) is 61.8 Å². The van der Waals surface area contributed by atoms with E-state index >= 15 is 0 Å². The maximum atomic E-state index is 14.1. The number of amides is 4. The number of benzene rings is 3. The monoisotopic (exact) mass is 620 g/mol. The molecular weight excluding hydrogens is 584 g/mol. The first-order valence-electron chi connectivity index (χ1n) is 15.9. The van der Waals surface area contributed by atoms with Crippen molar-refractivity contribution in [1.82, 2.24) is 9.80 Å². The molecule has 3 N–H and O–H groups in total. The lowest BCUT2D eigenvalue weighted by molar-refractivity contribution is -0.142. The molecule has 2 aliphatic heterocycles. The van der Waals surface area contributed by atoms with E-state index in [1.807, 2.05) is 12.1 Å². The lowest BCUT2D eigenvalue weighted by Gasteiger charge is -2.44. The van der Waals surface area contributed by atoms with Gasteiger partial charge >= 0.3 is 0 Å². The molecule has 0 spiro atoms. The van der Waals surface area contributed by atoms with Gasteiger partial charge in [-0.15, -0.1) is 0 Å². The number of phenolic OH excluding ortho intramolecular Hbond substituents is 3. The quantitative estimate of drug-likeness (QED) is 0.266. The Kier molecular flexibility index (Phi) is 7.42. The van der Waals surface area contributed by atoms with Crippen LogP contribution in [0.1, 0.15) is 41.0 Å². The van der Waals surface area contributed by atoms with E-state index in [4.69, 9.17) is 0 Å². The lowest BCUT2D eigenvalue weighted by atomic mass is 9.57. The minimum absolute atomic E-state index is 0.135. The van der Waals surface area contributed by atoms with Crippen molar-refractivity contribution < 1.29 is 34.5 Å². The summed E-state index contributed by atoms with van der Waals surface area (Å²) in [6, 6.07) is 18.7. The topological polar surface area (TPSA) is 135 Å². The fraction of sp³-hybridized carbons (Fsp3) is 0.351. The van der Waals surface area contributed by atoms with Gasteiger partial charge in [0.05, 0.1) is 23.7 Å². The number of hydrogen-bond acceptors (Lipinski definition) is 7. The van der Waals surface area contributed by atoms with Crippen molar-refractivity contribution in [3.05, 3.63) is 101 Å². The van der Waals surface area contributed by atoms with E-state index in [-0.39, 0.29) is 59.9 Å². The summed E-state index contributed by atoms with van der Waals surface area (Å²) < 4.78 is 0. The van der Waals surface area contributed by atoms with Gasteiger partial charge in [0.15, 0.2) is 0 Å². The fourth-order valence-electron chi connectivity index (χ4n) is 8.21.